The Morgan fingerprint density at radius 3 is 2.71 bits per heavy atom. The van der Waals surface area contributed by atoms with Crippen LogP contribution in [0.5, 0.6) is 0 Å². The number of anilines is 1. The molecular formula is C28H28N6O. The second-order valence-corrected chi connectivity index (χ2v) is 10.6. The first-order valence-electron chi connectivity index (χ1n) is 12.6. The van der Waals surface area contributed by atoms with Crippen LogP contribution in [0.2, 0.25) is 0 Å². The number of aryl methyl sites for hydroxylation is 1. The molecule has 2 aliphatic heterocycles. The Labute approximate surface area is 204 Å². The molecule has 2 fully saturated rings. The highest BCUT2D eigenvalue weighted by molar-refractivity contribution is 6.01. The number of hydrogen-bond donors (Lipinski definition) is 2. The summed E-state index contributed by atoms with van der Waals surface area (Å²) in [6.07, 6.45) is 6.73. The highest BCUT2D eigenvalue weighted by atomic mass is 16.2. The van der Waals surface area contributed by atoms with Crippen molar-refractivity contribution in [2.75, 3.05) is 38.1 Å². The van der Waals surface area contributed by atoms with Gasteiger partial charge in [-0.15, -0.1) is 0 Å². The Morgan fingerprint density at radius 2 is 1.94 bits per heavy atom. The highest BCUT2D eigenvalue weighted by Gasteiger charge is 2.49. The summed E-state index contributed by atoms with van der Waals surface area (Å²) < 4.78 is 0. The smallest absolute Gasteiger partial charge is 0.253 e. The van der Waals surface area contributed by atoms with E-state index in [9.17, 15) is 10.1 Å². The minimum atomic E-state index is -0.0109. The van der Waals surface area contributed by atoms with E-state index in [-0.39, 0.29) is 11.4 Å². The molecule has 7 heteroatoms. The zero-order valence-corrected chi connectivity index (χ0v) is 19.9. The normalized spacial score (nSPS) is 20.0. The standard InChI is InChI=1S/C28H28N6O/c1-33-8-10-34(11-9-33)24-5-3-17(12-19(24)15-29)22-13-21-18(16-30-22)2-4-20-25-23(31-26(20)21)14-28(6-7-28)32-27(25)35/h3,5,12-13,16,31H,2,4,6-11,14H2,1H3,(H,32,35). The first-order chi connectivity index (χ1) is 17.0. The molecule has 1 amide bonds. The molecule has 3 aromatic rings. The van der Waals surface area contributed by atoms with Crippen molar-refractivity contribution in [3.8, 4) is 28.6 Å². The monoisotopic (exact) mass is 464 g/mol. The van der Waals surface area contributed by atoms with E-state index in [0.717, 1.165) is 103 Å². The van der Waals surface area contributed by atoms with Gasteiger partial charge in [0.05, 0.1) is 28.2 Å². The van der Waals surface area contributed by atoms with Crippen molar-refractivity contribution in [2.45, 2.75) is 37.6 Å². The zero-order chi connectivity index (χ0) is 23.7. The van der Waals surface area contributed by atoms with Crippen LogP contribution in [0.3, 0.4) is 0 Å². The minimum Gasteiger partial charge on any atom is -0.368 e. The number of carbonyl (C=O) groups excluding carboxylic acids is 1. The van der Waals surface area contributed by atoms with Gasteiger partial charge in [0.25, 0.3) is 5.91 Å². The van der Waals surface area contributed by atoms with Gasteiger partial charge >= 0.3 is 0 Å². The van der Waals surface area contributed by atoms with Crippen LogP contribution in [0.4, 0.5) is 5.69 Å². The number of aromatic amines is 1. The summed E-state index contributed by atoms with van der Waals surface area (Å²) in [6.45, 7) is 3.86. The molecule has 176 valence electrons. The first-order valence-corrected chi connectivity index (χ1v) is 12.6. The van der Waals surface area contributed by atoms with Crippen molar-refractivity contribution in [1.29, 1.82) is 5.26 Å². The molecule has 2 N–H and O–H groups in total. The third-order valence-corrected chi connectivity index (χ3v) is 8.31. The molecular weight excluding hydrogens is 436 g/mol. The number of H-pyrrole nitrogens is 1. The topological polar surface area (TPSA) is 88.0 Å². The van der Waals surface area contributed by atoms with Gasteiger partial charge in [-0.05, 0) is 62.1 Å². The number of likely N-dealkylation sites (N-methyl/N-ethyl adjacent to an activating group) is 1. The van der Waals surface area contributed by atoms with Gasteiger partial charge in [-0.25, -0.2) is 0 Å². The van der Waals surface area contributed by atoms with Crippen LogP contribution < -0.4 is 10.2 Å². The van der Waals surface area contributed by atoms with Crippen molar-refractivity contribution in [3.63, 3.8) is 0 Å². The van der Waals surface area contributed by atoms with E-state index in [2.05, 4.69) is 51.4 Å². The molecule has 2 aliphatic carbocycles. The van der Waals surface area contributed by atoms with Gasteiger partial charge in [0.1, 0.15) is 6.07 Å². The number of amides is 1. The Kier molecular flexibility index (Phi) is 4.40. The molecule has 1 saturated heterocycles. The van der Waals surface area contributed by atoms with Crippen LogP contribution in [0.25, 0.3) is 22.5 Å². The zero-order valence-electron chi connectivity index (χ0n) is 19.9. The molecule has 2 aromatic heterocycles. The Morgan fingerprint density at radius 1 is 1.11 bits per heavy atom. The van der Waals surface area contributed by atoms with Crippen molar-refractivity contribution >= 4 is 11.6 Å². The number of aromatic nitrogens is 2. The number of nitriles is 1. The van der Waals surface area contributed by atoms with Gasteiger partial charge in [0.2, 0.25) is 0 Å². The summed E-state index contributed by atoms with van der Waals surface area (Å²) in [6, 6.07) is 10.7. The lowest BCUT2D eigenvalue weighted by Gasteiger charge is -2.34. The van der Waals surface area contributed by atoms with Crippen molar-refractivity contribution < 1.29 is 4.79 Å². The fourth-order valence-corrected chi connectivity index (χ4v) is 6.06. The second-order valence-electron chi connectivity index (χ2n) is 10.6. The summed E-state index contributed by atoms with van der Waals surface area (Å²) >= 11 is 0. The predicted octanol–water partition coefficient (Wildman–Crippen LogP) is 3.28. The Bertz CT molecular complexity index is 1420. The van der Waals surface area contributed by atoms with Crippen molar-refractivity contribution in [2.24, 2.45) is 0 Å². The molecule has 35 heavy (non-hydrogen) atoms. The van der Waals surface area contributed by atoms with Crippen LogP contribution in [-0.4, -0.2) is 59.5 Å². The second kappa shape index (κ2) is 7.43. The highest BCUT2D eigenvalue weighted by Crippen LogP contribution is 2.45. The fourth-order valence-electron chi connectivity index (χ4n) is 6.06. The van der Waals surface area contributed by atoms with Crippen molar-refractivity contribution in [1.82, 2.24) is 20.2 Å². The molecule has 1 saturated carbocycles. The van der Waals surface area contributed by atoms with Crippen molar-refractivity contribution in [3.05, 3.63) is 58.4 Å². The molecule has 1 aromatic carbocycles. The summed E-state index contributed by atoms with van der Waals surface area (Å²) in [5, 5.41) is 13.2. The molecule has 1 spiro atoms. The Hall–Kier alpha value is -3.63. The third-order valence-electron chi connectivity index (χ3n) is 8.31. The van der Waals surface area contributed by atoms with Crippen LogP contribution in [0, 0.1) is 11.3 Å². The van der Waals surface area contributed by atoms with E-state index in [1.165, 1.54) is 5.56 Å². The molecule has 0 unspecified atom stereocenters. The first kappa shape index (κ1) is 20.7. The van der Waals surface area contributed by atoms with E-state index >= 15 is 0 Å². The average Bonchev–Trinajstić information content (AvgIpc) is 3.49. The number of hydrogen-bond acceptors (Lipinski definition) is 5. The van der Waals surface area contributed by atoms with Crippen LogP contribution >= 0.6 is 0 Å². The van der Waals surface area contributed by atoms with E-state index in [4.69, 9.17) is 4.98 Å². The van der Waals surface area contributed by atoms with Gasteiger partial charge in [0.15, 0.2) is 0 Å². The van der Waals surface area contributed by atoms with E-state index in [1.807, 2.05) is 12.3 Å². The molecule has 4 heterocycles. The summed E-state index contributed by atoms with van der Waals surface area (Å²) in [5.74, 6) is 0.0807. The number of fused-ring (bicyclic) bond motifs is 5. The predicted molar refractivity (Wildman–Crippen MR) is 134 cm³/mol. The van der Waals surface area contributed by atoms with Crippen LogP contribution in [0.1, 0.15) is 45.6 Å². The summed E-state index contributed by atoms with van der Waals surface area (Å²) in [7, 11) is 2.13. The van der Waals surface area contributed by atoms with E-state index < -0.39 is 0 Å². The molecule has 7 rings (SSSR count). The van der Waals surface area contributed by atoms with Crippen LogP contribution in [-0.2, 0) is 19.3 Å². The van der Waals surface area contributed by atoms with Crippen LogP contribution in [0.15, 0.2) is 30.5 Å². The summed E-state index contributed by atoms with van der Waals surface area (Å²) in [4.78, 5) is 26.0. The summed E-state index contributed by atoms with van der Waals surface area (Å²) in [5.41, 5.74) is 9.98. The number of piperazine rings is 1. The van der Waals surface area contributed by atoms with E-state index in [1.54, 1.807) is 0 Å². The largest absolute Gasteiger partial charge is 0.368 e. The maximum atomic E-state index is 12.9. The average molecular weight is 465 g/mol. The number of pyridine rings is 1. The maximum Gasteiger partial charge on any atom is 0.253 e. The quantitative estimate of drug-likeness (QED) is 0.608. The number of carbonyl (C=O) groups is 1. The molecule has 0 atom stereocenters. The lowest BCUT2D eigenvalue weighted by atomic mass is 9.87. The lowest BCUT2D eigenvalue weighted by molar-refractivity contribution is 0.0917. The molecule has 7 nitrogen and oxygen atoms in total. The minimum absolute atomic E-state index is 0.0109. The third kappa shape index (κ3) is 3.28. The van der Waals surface area contributed by atoms with E-state index in [0.29, 0.717) is 5.56 Å². The number of benzene rings is 1. The molecule has 4 aliphatic rings. The van der Waals surface area contributed by atoms with Gasteiger partial charge in [-0.3, -0.25) is 9.78 Å². The molecule has 0 bridgehead atoms. The number of nitrogens with zero attached hydrogens (tertiary/aromatic N) is 4. The van der Waals surface area contributed by atoms with Gasteiger partial charge in [-0.1, -0.05) is 6.07 Å². The number of rotatable bonds is 2. The Balaban J connectivity index is 1.26. The van der Waals surface area contributed by atoms with Gasteiger partial charge in [-0.2, -0.15) is 5.26 Å². The lowest BCUT2D eigenvalue weighted by Crippen LogP contribution is -2.44. The molecule has 0 radical (unpaired) electrons. The number of nitrogens with one attached hydrogen (secondary N) is 2. The van der Waals surface area contributed by atoms with Gasteiger partial charge in [0, 0.05) is 61.2 Å². The maximum absolute atomic E-state index is 12.9. The van der Waals surface area contributed by atoms with Gasteiger partial charge < -0.3 is 20.1 Å². The SMILES string of the molecule is CN1CCN(c2ccc(-c3cc4c(cn3)CCc3c-4[nH]c4c3C(=O)NC3(CC3)C4)cc2C#N)CC1. The fraction of sp³-hybridized carbons (Fsp3) is 0.393.